The molecule has 0 radical (unpaired) electrons. The van der Waals surface area contributed by atoms with Crippen LogP contribution in [0.25, 0.3) is 11.5 Å². The number of para-hydroxylation sites is 1. The van der Waals surface area contributed by atoms with Crippen LogP contribution in [0.2, 0.25) is 0 Å². The summed E-state index contributed by atoms with van der Waals surface area (Å²) in [6, 6.07) is 7.36. The lowest BCUT2D eigenvalue weighted by atomic mass is 10.2. The van der Waals surface area contributed by atoms with E-state index in [4.69, 9.17) is 9.15 Å². The van der Waals surface area contributed by atoms with Crippen LogP contribution in [-0.2, 0) is 0 Å². The number of ether oxygens (including phenoxy) is 1. The Hall–Kier alpha value is -2.10. The number of Topliss-reactive ketones (excluding diaryl/α,β-unsaturated/α-hetero) is 1. The molecule has 0 N–H and O–H groups in total. The van der Waals surface area contributed by atoms with Gasteiger partial charge in [0.2, 0.25) is 5.89 Å². The summed E-state index contributed by atoms with van der Waals surface area (Å²) in [7, 11) is 1.58. The SMILES string of the molecule is COc1ccccc1-c1ncc(C(C)=O)o1. The number of hydrogen-bond acceptors (Lipinski definition) is 4. The maximum atomic E-state index is 11.1. The second-order valence-corrected chi connectivity index (χ2v) is 3.29. The molecule has 0 fully saturated rings. The molecule has 0 aliphatic rings. The minimum absolute atomic E-state index is 0.145. The molecule has 0 saturated carbocycles. The molecule has 82 valence electrons. The summed E-state index contributed by atoms with van der Waals surface area (Å²) in [5, 5.41) is 0. The summed E-state index contributed by atoms with van der Waals surface area (Å²) in [5.41, 5.74) is 0.734. The molecule has 0 saturated heterocycles. The first-order valence-electron chi connectivity index (χ1n) is 4.82. The molecule has 1 aromatic heterocycles. The molecule has 1 heterocycles. The number of methoxy groups -OCH3 is 1. The number of ketones is 1. The van der Waals surface area contributed by atoms with Crippen molar-refractivity contribution in [1.82, 2.24) is 4.98 Å². The van der Waals surface area contributed by atoms with Gasteiger partial charge >= 0.3 is 0 Å². The van der Waals surface area contributed by atoms with Gasteiger partial charge in [-0.3, -0.25) is 4.79 Å². The first kappa shape index (κ1) is 10.4. The van der Waals surface area contributed by atoms with Gasteiger partial charge in [-0.05, 0) is 12.1 Å². The Balaban J connectivity index is 2.46. The maximum Gasteiger partial charge on any atom is 0.230 e. The van der Waals surface area contributed by atoms with Crippen molar-refractivity contribution < 1.29 is 13.9 Å². The molecule has 0 atom stereocenters. The number of benzene rings is 1. The smallest absolute Gasteiger partial charge is 0.230 e. The van der Waals surface area contributed by atoms with Crippen molar-refractivity contribution in [3.63, 3.8) is 0 Å². The van der Waals surface area contributed by atoms with E-state index in [1.807, 2.05) is 24.3 Å². The van der Waals surface area contributed by atoms with Gasteiger partial charge in [-0.25, -0.2) is 4.98 Å². The molecule has 0 bridgehead atoms. The van der Waals surface area contributed by atoms with Gasteiger partial charge in [0.1, 0.15) is 5.75 Å². The normalized spacial score (nSPS) is 10.1. The van der Waals surface area contributed by atoms with Crippen LogP contribution in [0.3, 0.4) is 0 Å². The molecule has 4 nitrogen and oxygen atoms in total. The lowest BCUT2D eigenvalue weighted by Gasteiger charge is -2.03. The van der Waals surface area contributed by atoms with E-state index < -0.39 is 0 Å². The molecular formula is C12H11NO3. The van der Waals surface area contributed by atoms with Crippen molar-refractivity contribution >= 4 is 5.78 Å². The first-order chi connectivity index (χ1) is 7.72. The molecule has 16 heavy (non-hydrogen) atoms. The van der Waals surface area contributed by atoms with E-state index in [2.05, 4.69) is 4.98 Å². The lowest BCUT2D eigenvalue weighted by Crippen LogP contribution is -1.87. The van der Waals surface area contributed by atoms with Crippen molar-refractivity contribution in [2.45, 2.75) is 6.92 Å². The van der Waals surface area contributed by atoms with Crippen molar-refractivity contribution in [3.8, 4) is 17.2 Å². The molecule has 0 unspecified atom stereocenters. The molecule has 4 heteroatoms. The molecule has 2 aromatic rings. The Labute approximate surface area is 92.9 Å². The zero-order chi connectivity index (χ0) is 11.5. The van der Waals surface area contributed by atoms with Crippen LogP contribution in [-0.4, -0.2) is 17.9 Å². The number of rotatable bonds is 3. The van der Waals surface area contributed by atoms with Gasteiger partial charge in [0.05, 0.1) is 18.9 Å². The number of hydrogen-bond donors (Lipinski definition) is 0. The van der Waals surface area contributed by atoms with E-state index in [-0.39, 0.29) is 11.5 Å². The summed E-state index contributed by atoms with van der Waals surface area (Å²) < 4.78 is 10.5. The van der Waals surface area contributed by atoms with Gasteiger partial charge in [0, 0.05) is 6.92 Å². The van der Waals surface area contributed by atoms with Gasteiger partial charge in [-0.1, -0.05) is 12.1 Å². The van der Waals surface area contributed by atoms with Gasteiger partial charge in [-0.15, -0.1) is 0 Å². The van der Waals surface area contributed by atoms with Crippen molar-refractivity contribution in [2.75, 3.05) is 7.11 Å². The Morgan fingerprint density at radius 2 is 2.12 bits per heavy atom. The predicted molar refractivity (Wildman–Crippen MR) is 58.5 cm³/mol. The molecular weight excluding hydrogens is 206 g/mol. The van der Waals surface area contributed by atoms with E-state index in [0.717, 1.165) is 5.56 Å². The maximum absolute atomic E-state index is 11.1. The summed E-state index contributed by atoms with van der Waals surface area (Å²) >= 11 is 0. The molecule has 0 spiro atoms. The minimum atomic E-state index is -0.145. The van der Waals surface area contributed by atoms with Crippen LogP contribution in [0.15, 0.2) is 34.9 Å². The summed E-state index contributed by atoms with van der Waals surface area (Å²) in [6.45, 7) is 1.44. The van der Waals surface area contributed by atoms with Crippen LogP contribution in [0, 0.1) is 0 Å². The number of carbonyl (C=O) groups is 1. The Kier molecular flexibility index (Phi) is 2.72. The molecule has 1 aromatic carbocycles. The third-order valence-electron chi connectivity index (χ3n) is 2.19. The highest BCUT2D eigenvalue weighted by Crippen LogP contribution is 2.28. The Morgan fingerprint density at radius 1 is 1.38 bits per heavy atom. The van der Waals surface area contributed by atoms with Crippen LogP contribution < -0.4 is 4.74 Å². The third kappa shape index (κ3) is 1.82. The van der Waals surface area contributed by atoms with Crippen LogP contribution in [0.5, 0.6) is 5.75 Å². The van der Waals surface area contributed by atoms with Crippen LogP contribution >= 0.6 is 0 Å². The van der Waals surface area contributed by atoms with Gasteiger partial charge < -0.3 is 9.15 Å². The van der Waals surface area contributed by atoms with E-state index in [1.165, 1.54) is 13.1 Å². The first-order valence-corrected chi connectivity index (χ1v) is 4.82. The summed E-state index contributed by atoms with van der Waals surface area (Å²) in [5.74, 6) is 1.16. The van der Waals surface area contributed by atoms with E-state index >= 15 is 0 Å². The van der Waals surface area contributed by atoms with E-state index in [1.54, 1.807) is 7.11 Å². The van der Waals surface area contributed by atoms with E-state index in [0.29, 0.717) is 11.6 Å². The van der Waals surface area contributed by atoms with Gasteiger partial charge in [-0.2, -0.15) is 0 Å². The average Bonchev–Trinajstić information content (AvgIpc) is 2.78. The highest BCUT2D eigenvalue weighted by Gasteiger charge is 2.13. The molecule has 0 amide bonds. The van der Waals surface area contributed by atoms with Gasteiger partial charge in [0.15, 0.2) is 11.5 Å². The summed E-state index contributed by atoms with van der Waals surface area (Å²) in [4.78, 5) is 15.1. The average molecular weight is 217 g/mol. The largest absolute Gasteiger partial charge is 0.496 e. The molecule has 2 rings (SSSR count). The lowest BCUT2D eigenvalue weighted by molar-refractivity contribution is 0.0988. The second kappa shape index (κ2) is 4.18. The third-order valence-corrected chi connectivity index (χ3v) is 2.19. The fourth-order valence-corrected chi connectivity index (χ4v) is 1.38. The van der Waals surface area contributed by atoms with Crippen molar-refractivity contribution in [3.05, 3.63) is 36.2 Å². The quantitative estimate of drug-likeness (QED) is 0.741. The monoisotopic (exact) mass is 217 g/mol. The van der Waals surface area contributed by atoms with Crippen LogP contribution in [0.4, 0.5) is 0 Å². The zero-order valence-corrected chi connectivity index (χ0v) is 9.06. The van der Waals surface area contributed by atoms with Crippen molar-refractivity contribution in [1.29, 1.82) is 0 Å². The fourth-order valence-electron chi connectivity index (χ4n) is 1.38. The number of carbonyl (C=O) groups excluding carboxylic acids is 1. The number of oxazole rings is 1. The second-order valence-electron chi connectivity index (χ2n) is 3.29. The standard InChI is InChI=1S/C12H11NO3/c1-8(14)11-7-13-12(16-11)9-5-3-4-6-10(9)15-2/h3-7H,1-2H3. The number of nitrogens with zero attached hydrogens (tertiary/aromatic N) is 1. The number of aromatic nitrogens is 1. The fraction of sp³-hybridized carbons (Fsp3) is 0.167. The van der Waals surface area contributed by atoms with Gasteiger partial charge in [0.25, 0.3) is 0 Å². The summed E-state index contributed by atoms with van der Waals surface area (Å²) in [6.07, 6.45) is 1.42. The molecule has 0 aliphatic carbocycles. The Morgan fingerprint density at radius 3 is 2.75 bits per heavy atom. The van der Waals surface area contributed by atoms with Crippen molar-refractivity contribution in [2.24, 2.45) is 0 Å². The molecule has 0 aliphatic heterocycles. The highest BCUT2D eigenvalue weighted by molar-refractivity contribution is 5.91. The minimum Gasteiger partial charge on any atom is -0.496 e. The zero-order valence-electron chi connectivity index (χ0n) is 9.06. The predicted octanol–water partition coefficient (Wildman–Crippen LogP) is 2.55. The van der Waals surface area contributed by atoms with Crippen LogP contribution in [0.1, 0.15) is 17.5 Å². The highest BCUT2D eigenvalue weighted by atomic mass is 16.5. The van der Waals surface area contributed by atoms with E-state index in [9.17, 15) is 4.79 Å². The topological polar surface area (TPSA) is 52.3 Å². The Bertz CT molecular complexity index is 516.